The maximum absolute atomic E-state index is 12.7. The molecule has 0 bridgehead atoms. The van der Waals surface area contributed by atoms with Gasteiger partial charge in [-0.15, -0.1) is 0 Å². The Bertz CT molecular complexity index is 576. The lowest BCUT2D eigenvalue weighted by molar-refractivity contribution is 0.0993. The van der Waals surface area contributed by atoms with Crippen molar-refractivity contribution in [2.24, 2.45) is 0 Å². The van der Waals surface area contributed by atoms with Crippen LogP contribution >= 0.6 is 11.6 Å². The van der Waals surface area contributed by atoms with Gasteiger partial charge in [0.1, 0.15) is 5.82 Å². The second-order valence-corrected chi connectivity index (χ2v) is 4.60. The lowest BCUT2D eigenvalue weighted by atomic mass is 10.0. The molecular formula is C15H12ClFO. The lowest BCUT2D eigenvalue weighted by Gasteiger charge is -2.04. The summed E-state index contributed by atoms with van der Waals surface area (Å²) in [5.41, 5.74) is 2.31. The summed E-state index contributed by atoms with van der Waals surface area (Å²) in [7, 11) is 0. The Kier molecular flexibility index (Phi) is 3.78. The molecule has 0 saturated carbocycles. The van der Waals surface area contributed by atoms with E-state index in [-0.39, 0.29) is 18.0 Å². The van der Waals surface area contributed by atoms with E-state index in [1.54, 1.807) is 24.3 Å². The summed E-state index contributed by atoms with van der Waals surface area (Å²) in [4.78, 5) is 12.0. The number of Topliss-reactive ketones (excluding diaryl/α,β-unsaturated/α-hetero) is 1. The Morgan fingerprint density at radius 2 is 1.83 bits per heavy atom. The number of hydrogen-bond donors (Lipinski definition) is 0. The fraction of sp³-hybridized carbons (Fsp3) is 0.133. The Morgan fingerprint density at radius 3 is 2.44 bits per heavy atom. The molecule has 3 heteroatoms. The van der Waals surface area contributed by atoms with Crippen LogP contribution in [0, 0.1) is 12.7 Å². The van der Waals surface area contributed by atoms with E-state index in [1.165, 1.54) is 12.1 Å². The SMILES string of the molecule is Cc1ccc(C(=O)Cc2ccc(F)cc2)cc1Cl. The second kappa shape index (κ2) is 5.32. The second-order valence-electron chi connectivity index (χ2n) is 4.19. The topological polar surface area (TPSA) is 17.1 Å². The highest BCUT2D eigenvalue weighted by Gasteiger charge is 2.08. The highest BCUT2D eigenvalue weighted by Crippen LogP contribution is 2.18. The van der Waals surface area contributed by atoms with E-state index in [0.717, 1.165) is 11.1 Å². The monoisotopic (exact) mass is 262 g/mol. The maximum atomic E-state index is 12.7. The van der Waals surface area contributed by atoms with Crippen LogP contribution in [-0.2, 0) is 6.42 Å². The van der Waals surface area contributed by atoms with E-state index in [0.29, 0.717) is 10.6 Å². The van der Waals surface area contributed by atoms with Crippen LogP contribution in [0.3, 0.4) is 0 Å². The summed E-state index contributed by atoms with van der Waals surface area (Å²) < 4.78 is 12.7. The van der Waals surface area contributed by atoms with Crippen molar-refractivity contribution in [2.75, 3.05) is 0 Å². The molecule has 0 unspecified atom stereocenters. The largest absolute Gasteiger partial charge is 0.294 e. The Labute approximate surface area is 110 Å². The molecule has 0 saturated heterocycles. The highest BCUT2D eigenvalue weighted by molar-refractivity contribution is 6.31. The van der Waals surface area contributed by atoms with Gasteiger partial charge in [-0.2, -0.15) is 0 Å². The van der Waals surface area contributed by atoms with Crippen LogP contribution < -0.4 is 0 Å². The van der Waals surface area contributed by atoms with Gasteiger partial charge < -0.3 is 0 Å². The molecule has 0 spiro atoms. The molecule has 0 fully saturated rings. The first-order valence-electron chi connectivity index (χ1n) is 5.60. The number of rotatable bonds is 3. The summed E-state index contributed by atoms with van der Waals surface area (Å²) >= 11 is 5.98. The molecule has 0 N–H and O–H groups in total. The summed E-state index contributed by atoms with van der Waals surface area (Å²) in [6, 6.07) is 11.2. The average Bonchev–Trinajstić information content (AvgIpc) is 2.35. The molecule has 0 aliphatic heterocycles. The highest BCUT2D eigenvalue weighted by atomic mass is 35.5. The van der Waals surface area contributed by atoms with Crippen LogP contribution in [0.5, 0.6) is 0 Å². The van der Waals surface area contributed by atoms with Gasteiger partial charge in [-0.1, -0.05) is 35.9 Å². The number of aryl methyl sites for hydroxylation is 1. The van der Waals surface area contributed by atoms with Gasteiger partial charge in [0.2, 0.25) is 0 Å². The number of benzene rings is 2. The van der Waals surface area contributed by atoms with Crippen LogP contribution in [0.4, 0.5) is 4.39 Å². The summed E-state index contributed by atoms with van der Waals surface area (Å²) in [5, 5.41) is 0.583. The lowest BCUT2D eigenvalue weighted by Crippen LogP contribution is -2.03. The third-order valence-electron chi connectivity index (χ3n) is 2.77. The number of carbonyl (C=O) groups is 1. The van der Waals surface area contributed by atoms with Crippen molar-refractivity contribution in [2.45, 2.75) is 13.3 Å². The fourth-order valence-electron chi connectivity index (χ4n) is 1.66. The summed E-state index contributed by atoms with van der Waals surface area (Å²) in [6.07, 6.45) is 0.250. The normalized spacial score (nSPS) is 10.4. The molecule has 0 heterocycles. The average molecular weight is 263 g/mol. The maximum Gasteiger partial charge on any atom is 0.167 e. The van der Waals surface area contributed by atoms with Crippen molar-refractivity contribution in [1.29, 1.82) is 0 Å². The zero-order valence-electron chi connectivity index (χ0n) is 9.91. The van der Waals surface area contributed by atoms with Crippen LogP contribution in [-0.4, -0.2) is 5.78 Å². The van der Waals surface area contributed by atoms with Gasteiger partial charge in [-0.25, -0.2) is 4.39 Å². The van der Waals surface area contributed by atoms with Crippen LogP contribution in [0.25, 0.3) is 0 Å². The molecule has 0 aliphatic carbocycles. The first-order chi connectivity index (χ1) is 8.56. The minimum atomic E-state index is -0.301. The van der Waals surface area contributed by atoms with E-state index in [2.05, 4.69) is 0 Å². The van der Waals surface area contributed by atoms with Crippen molar-refractivity contribution < 1.29 is 9.18 Å². The van der Waals surface area contributed by atoms with Gasteiger partial charge in [-0.3, -0.25) is 4.79 Å². The molecule has 2 rings (SSSR count). The quantitative estimate of drug-likeness (QED) is 0.757. The van der Waals surface area contributed by atoms with Crippen LogP contribution in [0.1, 0.15) is 21.5 Å². The van der Waals surface area contributed by atoms with Gasteiger partial charge in [-0.05, 0) is 36.2 Å². The van der Waals surface area contributed by atoms with E-state index in [1.807, 2.05) is 13.0 Å². The smallest absolute Gasteiger partial charge is 0.167 e. The molecule has 2 aromatic carbocycles. The molecule has 1 nitrogen and oxygen atoms in total. The third-order valence-corrected chi connectivity index (χ3v) is 3.18. The van der Waals surface area contributed by atoms with Gasteiger partial charge in [0.15, 0.2) is 5.78 Å². The first-order valence-corrected chi connectivity index (χ1v) is 5.98. The minimum Gasteiger partial charge on any atom is -0.294 e. The van der Waals surface area contributed by atoms with Crippen molar-refractivity contribution in [3.8, 4) is 0 Å². The van der Waals surface area contributed by atoms with E-state index >= 15 is 0 Å². The van der Waals surface area contributed by atoms with E-state index in [9.17, 15) is 9.18 Å². The Morgan fingerprint density at radius 1 is 1.17 bits per heavy atom. The van der Waals surface area contributed by atoms with E-state index < -0.39 is 0 Å². The van der Waals surface area contributed by atoms with Gasteiger partial charge in [0.25, 0.3) is 0 Å². The van der Waals surface area contributed by atoms with Crippen molar-refractivity contribution in [1.82, 2.24) is 0 Å². The fourth-order valence-corrected chi connectivity index (χ4v) is 1.84. The first kappa shape index (κ1) is 12.8. The number of halogens is 2. The summed E-state index contributed by atoms with van der Waals surface area (Å²) in [5.74, 6) is -0.326. The van der Waals surface area contributed by atoms with E-state index in [4.69, 9.17) is 11.6 Å². The molecule has 92 valence electrons. The van der Waals surface area contributed by atoms with Gasteiger partial charge in [0.05, 0.1) is 0 Å². The molecule has 0 aliphatic rings. The number of hydrogen-bond acceptors (Lipinski definition) is 1. The molecule has 0 amide bonds. The van der Waals surface area contributed by atoms with Crippen molar-refractivity contribution in [3.63, 3.8) is 0 Å². The molecular weight excluding hydrogens is 251 g/mol. The molecule has 0 radical (unpaired) electrons. The zero-order chi connectivity index (χ0) is 13.1. The number of ketones is 1. The van der Waals surface area contributed by atoms with Crippen molar-refractivity contribution >= 4 is 17.4 Å². The standard InChI is InChI=1S/C15H12ClFO/c1-10-2-5-12(9-14(10)16)15(18)8-11-3-6-13(17)7-4-11/h2-7,9H,8H2,1H3. The number of carbonyl (C=O) groups excluding carboxylic acids is 1. The molecule has 2 aromatic rings. The minimum absolute atomic E-state index is 0.0245. The third kappa shape index (κ3) is 2.96. The summed E-state index contributed by atoms with van der Waals surface area (Å²) in [6.45, 7) is 1.89. The predicted octanol–water partition coefficient (Wildman–Crippen LogP) is 4.21. The van der Waals surface area contributed by atoms with Crippen LogP contribution in [0.2, 0.25) is 5.02 Å². The Balaban J connectivity index is 2.16. The zero-order valence-corrected chi connectivity index (χ0v) is 10.7. The molecule has 0 aromatic heterocycles. The molecule has 0 atom stereocenters. The van der Waals surface area contributed by atoms with Gasteiger partial charge >= 0.3 is 0 Å². The van der Waals surface area contributed by atoms with Crippen LogP contribution in [0.15, 0.2) is 42.5 Å². The van der Waals surface area contributed by atoms with Gasteiger partial charge in [0, 0.05) is 17.0 Å². The Hall–Kier alpha value is -1.67. The predicted molar refractivity (Wildman–Crippen MR) is 70.6 cm³/mol. The molecule has 18 heavy (non-hydrogen) atoms. The van der Waals surface area contributed by atoms with Crippen molar-refractivity contribution in [3.05, 3.63) is 70.0 Å².